The highest BCUT2D eigenvalue weighted by Crippen LogP contribution is 2.26. The number of rotatable bonds is 43. The van der Waals surface area contributed by atoms with Crippen LogP contribution in [-0.2, 0) is 52.7 Å². The van der Waals surface area contributed by atoms with E-state index in [1.54, 1.807) is 48.6 Å². The van der Waals surface area contributed by atoms with Gasteiger partial charge in [0, 0.05) is 68.9 Å². The van der Waals surface area contributed by atoms with Crippen molar-refractivity contribution in [1.29, 1.82) is 0 Å². The van der Waals surface area contributed by atoms with Crippen LogP contribution in [0, 0.1) is 35.5 Å². The minimum atomic E-state index is -1.22. The molecule has 0 aromatic carbocycles. The highest BCUT2D eigenvalue weighted by atomic mass is 32.2. The van der Waals surface area contributed by atoms with Crippen molar-refractivity contribution < 1.29 is 67.4 Å². The van der Waals surface area contributed by atoms with Gasteiger partial charge in [0.25, 0.3) is 11.8 Å². The molecule has 7 N–H and O–H groups in total. The van der Waals surface area contributed by atoms with Crippen molar-refractivity contribution in [2.75, 3.05) is 68.2 Å². The van der Waals surface area contributed by atoms with Crippen LogP contribution in [0.15, 0.2) is 0 Å². The predicted octanol–water partition coefficient (Wildman–Crippen LogP) is 6.50. The zero-order valence-electron chi connectivity index (χ0n) is 63.0. The number of hydrogen-bond donors (Lipinski definition) is 7. The minimum absolute atomic E-state index is 0.0101. The summed E-state index contributed by atoms with van der Waals surface area (Å²) in [6.07, 6.45) is 6.63. The smallest absolute Gasteiger partial charge is 0.407 e. The minimum Gasteiger partial charge on any atom is -0.444 e. The first-order valence-corrected chi connectivity index (χ1v) is 35.8. The van der Waals surface area contributed by atoms with Gasteiger partial charge in [-0.25, -0.2) is 9.59 Å². The van der Waals surface area contributed by atoms with E-state index in [9.17, 15) is 57.8 Å². The predicted molar refractivity (Wildman–Crippen MR) is 377 cm³/mol. The SMILES string of the molecule is CC[C@H](NC(=O)C(C[C@H](C)CCCCCCNC(=O)OC(C)(C)C)N(C)C(=O)CC(C)C)C(=O)N(C)[C@H](SCCCCCO)C(=O)N(C)[C@@H](CC(C)C)C(=O)N[C@H](C(=O)N(C)[C@@H](CC(C)C)C(=O)N[C@H](C)C(=O)N[C@@H](C)C(=O)N(C)[C@@H](CC(C)C)C(=O)N(C)C(=O)NC)C(C)C. The molecule has 1 unspecified atom stereocenters. The number of likely N-dealkylation sites (N-methyl/N-ethyl adjacent to an activating group) is 6. The molecule has 0 aliphatic carbocycles. The zero-order chi connectivity index (χ0) is 74.2. The molecule has 96 heavy (non-hydrogen) atoms. The fourth-order valence-electron chi connectivity index (χ4n) is 10.8. The number of unbranched alkanes of at least 4 members (excludes halogenated alkanes) is 5. The van der Waals surface area contributed by atoms with Crippen molar-refractivity contribution in [3.63, 3.8) is 0 Å². The first kappa shape index (κ1) is 89.8. The summed E-state index contributed by atoms with van der Waals surface area (Å²) < 4.78 is 5.32. The molecule has 10 atom stereocenters. The molecule has 0 rings (SSSR count). The Morgan fingerprint density at radius 1 is 0.490 bits per heavy atom. The Bertz CT molecular complexity index is 2500. The number of carbonyl (C=O) groups excluding carboxylic acids is 12. The van der Waals surface area contributed by atoms with E-state index in [2.05, 4.69) is 31.9 Å². The summed E-state index contributed by atoms with van der Waals surface area (Å²) >= 11 is 1.19. The van der Waals surface area contributed by atoms with Crippen molar-refractivity contribution in [3.05, 3.63) is 0 Å². The van der Waals surface area contributed by atoms with Crippen molar-refractivity contribution >= 4 is 83.0 Å². The van der Waals surface area contributed by atoms with Crippen LogP contribution in [0.4, 0.5) is 9.59 Å². The van der Waals surface area contributed by atoms with E-state index in [0.717, 1.165) is 37.0 Å². The lowest BCUT2D eigenvalue weighted by Gasteiger charge is -2.37. The van der Waals surface area contributed by atoms with Crippen molar-refractivity contribution in [1.82, 2.24) is 61.3 Å². The third-order valence-electron chi connectivity index (χ3n) is 16.7. The summed E-state index contributed by atoms with van der Waals surface area (Å²) in [6, 6.07) is -9.64. The average Bonchev–Trinajstić information content (AvgIpc) is 0.874. The molecule has 0 saturated carbocycles. The van der Waals surface area contributed by atoms with E-state index >= 15 is 4.79 Å². The van der Waals surface area contributed by atoms with Gasteiger partial charge in [-0.3, -0.25) is 52.8 Å². The number of aliphatic hydroxyl groups is 1. The Balaban J connectivity index is 6.87. The third-order valence-corrected chi connectivity index (χ3v) is 18.0. The van der Waals surface area contributed by atoms with Gasteiger partial charge in [-0.05, 0) is 127 Å². The van der Waals surface area contributed by atoms with Gasteiger partial charge in [-0.2, -0.15) is 0 Å². The molecular weight excluding hydrogens is 1250 g/mol. The molecule has 0 aliphatic rings. The molecule has 0 aromatic heterocycles. The van der Waals surface area contributed by atoms with E-state index < -0.39 is 131 Å². The lowest BCUT2D eigenvalue weighted by Crippen LogP contribution is -2.61. The highest BCUT2D eigenvalue weighted by molar-refractivity contribution is 8.00. The van der Waals surface area contributed by atoms with E-state index in [4.69, 9.17) is 4.74 Å². The van der Waals surface area contributed by atoms with E-state index in [0.29, 0.717) is 38.0 Å². The number of urea groups is 1. The molecule has 0 spiro atoms. The molecule has 27 heteroatoms. The average molecular weight is 1380 g/mol. The highest BCUT2D eigenvalue weighted by Gasteiger charge is 2.42. The number of hydrogen-bond acceptors (Lipinski definition) is 15. The molecule has 0 radical (unpaired) electrons. The summed E-state index contributed by atoms with van der Waals surface area (Å²) in [6.45, 7) is 31.0. The fourth-order valence-corrected chi connectivity index (χ4v) is 12.1. The Labute approximate surface area is 579 Å². The summed E-state index contributed by atoms with van der Waals surface area (Å²) in [7, 11) is 10.1. The Morgan fingerprint density at radius 3 is 1.47 bits per heavy atom. The second-order valence-electron chi connectivity index (χ2n) is 28.9. The molecule has 0 aromatic rings. The number of carbonyl (C=O) groups is 12. The number of nitrogens with one attached hydrogen (secondary N) is 6. The molecule has 0 fully saturated rings. The van der Waals surface area contributed by atoms with Gasteiger partial charge in [0.05, 0.1) is 0 Å². The van der Waals surface area contributed by atoms with Gasteiger partial charge in [-0.1, -0.05) is 115 Å². The van der Waals surface area contributed by atoms with E-state index in [-0.39, 0.29) is 74.2 Å². The van der Waals surface area contributed by atoms with Crippen molar-refractivity contribution in [3.8, 4) is 0 Å². The third kappa shape index (κ3) is 32.0. The van der Waals surface area contributed by atoms with Crippen LogP contribution >= 0.6 is 11.8 Å². The monoisotopic (exact) mass is 1380 g/mol. The quantitative estimate of drug-likeness (QED) is 0.0253. The molecular formula is C69H128N12O14S. The van der Waals surface area contributed by atoms with Gasteiger partial charge in [0.2, 0.25) is 47.3 Å². The maximum atomic E-state index is 15.2. The zero-order valence-corrected chi connectivity index (χ0v) is 63.8. The second-order valence-corrected chi connectivity index (χ2v) is 30.1. The number of imide groups is 1. The Hall–Kier alpha value is -6.25. The molecule has 0 aliphatic heterocycles. The van der Waals surface area contributed by atoms with Gasteiger partial charge in [0.15, 0.2) is 5.37 Å². The van der Waals surface area contributed by atoms with Gasteiger partial charge in [0.1, 0.15) is 53.9 Å². The maximum Gasteiger partial charge on any atom is 0.407 e. The Kier molecular flexibility index (Phi) is 41.7. The molecule has 0 bridgehead atoms. The van der Waals surface area contributed by atoms with Gasteiger partial charge < -0.3 is 66.2 Å². The van der Waals surface area contributed by atoms with Crippen LogP contribution in [0.1, 0.15) is 208 Å². The molecule has 0 heterocycles. The molecule has 0 saturated heterocycles. The van der Waals surface area contributed by atoms with Crippen LogP contribution < -0.4 is 31.9 Å². The summed E-state index contributed by atoms with van der Waals surface area (Å²) in [5.74, 6) is -6.30. The summed E-state index contributed by atoms with van der Waals surface area (Å²) in [4.78, 5) is 175. The molecule has 554 valence electrons. The van der Waals surface area contributed by atoms with E-state index in [1.807, 2.05) is 62.3 Å². The summed E-state index contributed by atoms with van der Waals surface area (Å²) in [5, 5.41) is 24.7. The van der Waals surface area contributed by atoms with Crippen LogP contribution in [0.25, 0.3) is 0 Å². The normalized spacial score (nSPS) is 14.8. The lowest BCUT2D eigenvalue weighted by atomic mass is 9.93. The van der Waals surface area contributed by atoms with Gasteiger partial charge >= 0.3 is 12.1 Å². The molecule has 13 amide bonds. The largest absolute Gasteiger partial charge is 0.444 e. The standard InChI is InChI=1S/C69H128N12O14S/c1-25-50(74-59(86)53(76(19)55(83)40-45(8)9)41-47(12)33-29-26-27-30-34-71-68(94)95-69(15,16)17)62(89)80(23)66(96-36-32-28-31-35-82)65(92)78(21)52(38-43(4)5)60(87)75-56(46(10)11)64(91)77(20)51(37-42(2)3)58(85)72-48(13)57(84)73-49(14)61(88)79(22)54(39-44(6)7)63(90)81(24)67(93)70-18/h42-54,56,66,82H,25-41H2,1-24H3,(H,70,93)(H,71,94)(H,72,85)(H,73,84)(H,74,86)(H,75,87)/t47-,48-,49+,50+,51+,52+,53?,54+,56+,66-/m1/s1. The van der Waals surface area contributed by atoms with E-state index in [1.165, 1.54) is 92.4 Å². The first-order valence-electron chi connectivity index (χ1n) is 34.7. The first-order chi connectivity index (χ1) is 44.5. The number of amides is 13. The van der Waals surface area contributed by atoms with Crippen LogP contribution in [-0.4, -0.2) is 233 Å². The van der Waals surface area contributed by atoms with Crippen LogP contribution in [0.3, 0.4) is 0 Å². The van der Waals surface area contributed by atoms with Crippen molar-refractivity contribution in [2.45, 2.75) is 267 Å². The molecule has 26 nitrogen and oxygen atoms in total. The fraction of sp³-hybridized carbons (Fsp3) is 0.826. The van der Waals surface area contributed by atoms with Gasteiger partial charge in [-0.15, -0.1) is 11.8 Å². The second kappa shape index (κ2) is 44.6. The summed E-state index contributed by atoms with van der Waals surface area (Å²) in [5.41, 5.74) is -0.589. The number of alkyl carbamates (subject to hydrolysis) is 1. The number of thioether (sulfide) groups is 1. The number of ether oxygens (including phenoxy) is 1. The van der Waals surface area contributed by atoms with Crippen LogP contribution in [0.2, 0.25) is 0 Å². The topological polar surface area (TPSA) is 326 Å². The van der Waals surface area contributed by atoms with Crippen LogP contribution in [0.5, 0.6) is 0 Å². The lowest BCUT2D eigenvalue weighted by molar-refractivity contribution is -0.148. The maximum absolute atomic E-state index is 15.2. The van der Waals surface area contributed by atoms with Crippen molar-refractivity contribution in [2.24, 2.45) is 35.5 Å². The number of aliphatic hydroxyl groups excluding tert-OH is 1. The Morgan fingerprint density at radius 2 is 0.969 bits per heavy atom. The number of nitrogens with zero attached hydrogens (tertiary/aromatic N) is 6.